The second-order valence-corrected chi connectivity index (χ2v) is 2.36. The van der Waals surface area contributed by atoms with E-state index in [2.05, 4.69) is 6.07 Å². The normalized spacial score (nSPS) is 8.64. The summed E-state index contributed by atoms with van der Waals surface area (Å²) in [5.74, 6) is 5.47. The van der Waals surface area contributed by atoms with E-state index in [1.54, 1.807) is 12.1 Å². The van der Waals surface area contributed by atoms with Crippen LogP contribution in [-0.4, -0.2) is 7.05 Å². The van der Waals surface area contributed by atoms with Crippen molar-refractivity contribution in [3.05, 3.63) is 29.8 Å². The van der Waals surface area contributed by atoms with Gasteiger partial charge in [-0.15, -0.1) is 6.07 Å². The van der Waals surface area contributed by atoms with Crippen LogP contribution in [0.4, 0.5) is 5.69 Å². The van der Waals surface area contributed by atoms with Gasteiger partial charge in [0.1, 0.15) is 0 Å². The fraction of sp³-hybridized carbons (Fsp3) is 0.250. The van der Waals surface area contributed by atoms with Crippen LogP contribution in [0, 0.1) is 13.0 Å². The Hall–Kier alpha value is -0.436. The average molecular weight is 186 g/mol. The van der Waals surface area contributed by atoms with Gasteiger partial charge in [-0.05, 0) is 0 Å². The summed E-state index contributed by atoms with van der Waals surface area (Å²) in [7, 11) is 1.79. The van der Waals surface area contributed by atoms with E-state index >= 15 is 0 Å². The molecule has 0 spiro atoms. The van der Waals surface area contributed by atoms with Crippen molar-refractivity contribution in [2.45, 2.75) is 6.92 Å². The molecule has 11 heavy (non-hydrogen) atoms. The Labute approximate surface area is 79.2 Å². The molecule has 0 saturated carbocycles. The summed E-state index contributed by atoms with van der Waals surface area (Å²) in [6.07, 6.45) is 0. The number of hydrazine groups is 1. The summed E-state index contributed by atoms with van der Waals surface area (Å²) in [5.41, 5.74) is 2.11. The Morgan fingerprint density at radius 1 is 1.45 bits per heavy atom. The Kier molecular flexibility index (Phi) is 4.27. The van der Waals surface area contributed by atoms with Crippen LogP contribution in [0.3, 0.4) is 0 Å². The molecule has 0 atom stereocenters. The van der Waals surface area contributed by atoms with E-state index in [1.807, 2.05) is 25.1 Å². The van der Waals surface area contributed by atoms with Crippen LogP contribution in [0.15, 0.2) is 18.2 Å². The molecule has 1 rings (SSSR count). The standard InChI is InChI=1S/C8H11N2.V/c1-7-3-5-8(6-4-7)10(2)9;/h3-5H,9H2,1-2H3;/q-1;. The third-order valence-corrected chi connectivity index (χ3v) is 1.33. The Bertz CT molecular complexity index is 206. The van der Waals surface area contributed by atoms with Crippen LogP contribution in [-0.2, 0) is 18.6 Å². The first kappa shape index (κ1) is 10.6. The van der Waals surface area contributed by atoms with E-state index in [9.17, 15) is 0 Å². The largest absolute Gasteiger partial charge is 0.339 e. The Morgan fingerprint density at radius 2 is 2.09 bits per heavy atom. The van der Waals surface area contributed by atoms with Crippen molar-refractivity contribution in [2.75, 3.05) is 12.1 Å². The number of nitrogens with zero attached hydrogens (tertiary/aromatic N) is 1. The van der Waals surface area contributed by atoms with Crippen molar-refractivity contribution in [1.82, 2.24) is 0 Å². The van der Waals surface area contributed by atoms with Gasteiger partial charge in [-0.3, -0.25) is 5.84 Å². The number of anilines is 1. The first-order valence-corrected chi connectivity index (χ1v) is 3.17. The number of hydrogen-bond donors (Lipinski definition) is 1. The maximum Gasteiger partial charge on any atom is 0.0205 e. The molecule has 0 amide bonds. The van der Waals surface area contributed by atoms with Crippen molar-refractivity contribution in [3.63, 3.8) is 0 Å². The van der Waals surface area contributed by atoms with E-state index in [-0.39, 0.29) is 18.6 Å². The molecule has 2 nitrogen and oxygen atoms in total. The molecular weight excluding hydrogens is 175 g/mol. The summed E-state index contributed by atoms with van der Waals surface area (Å²) in [5, 5.41) is 1.54. The third-order valence-electron chi connectivity index (χ3n) is 1.33. The first-order chi connectivity index (χ1) is 4.70. The molecule has 0 heterocycles. The minimum Gasteiger partial charge on any atom is -0.339 e. The molecule has 0 unspecified atom stereocenters. The van der Waals surface area contributed by atoms with Crippen molar-refractivity contribution in [1.29, 1.82) is 0 Å². The van der Waals surface area contributed by atoms with Gasteiger partial charge in [0.05, 0.1) is 0 Å². The van der Waals surface area contributed by atoms with Crippen LogP contribution in [0.2, 0.25) is 0 Å². The predicted octanol–water partition coefficient (Wildman–Crippen LogP) is 1.10. The number of hydrogen-bond acceptors (Lipinski definition) is 2. The van der Waals surface area contributed by atoms with Gasteiger partial charge in [-0.2, -0.15) is 23.8 Å². The second kappa shape index (κ2) is 4.44. The van der Waals surface area contributed by atoms with Crippen LogP contribution < -0.4 is 10.9 Å². The number of aryl methyl sites for hydroxylation is 1. The fourth-order valence-corrected chi connectivity index (χ4v) is 0.714. The number of benzene rings is 1. The molecule has 2 N–H and O–H groups in total. The van der Waals surface area contributed by atoms with Crippen molar-refractivity contribution in [3.8, 4) is 0 Å². The van der Waals surface area contributed by atoms with Gasteiger partial charge < -0.3 is 5.01 Å². The molecule has 0 bridgehead atoms. The molecule has 0 aromatic heterocycles. The average Bonchev–Trinajstić information content (AvgIpc) is 1.88. The maximum atomic E-state index is 5.47. The van der Waals surface area contributed by atoms with E-state index in [4.69, 9.17) is 5.84 Å². The number of rotatable bonds is 1. The van der Waals surface area contributed by atoms with Crippen molar-refractivity contribution < 1.29 is 18.6 Å². The van der Waals surface area contributed by atoms with E-state index in [0.29, 0.717) is 0 Å². The topological polar surface area (TPSA) is 29.3 Å². The van der Waals surface area contributed by atoms with Gasteiger partial charge in [-0.25, -0.2) is 0 Å². The molecule has 0 aliphatic heterocycles. The molecule has 3 heteroatoms. The van der Waals surface area contributed by atoms with Gasteiger partial charge in [0.25, 0.3) is 0 Å². The summed E-state index contributed by atoms with van der Waals surface area (Å²) in [6, 6.07) is 8.90. The van der Waals surface area contributed by atoms with E-state index in [0.717, 1.165) is 5.69 Å². The summed E-state index contributed by atoms with van der Waals surface area (Å²) in [4.78, 5) is 0. The first-order valence-electron chi connectivity index (χ1n) is 3.17. The minimum atomic E-state index is 0. The fourth-order valence-electron chi connectivity index (χ4n) is 0.714. The molecule has 0 aliphatic carbocycles. The predicted molar refractivity (Wildman–Crippen MR) is 42.6 cm³/mol. The number of nitrogens with two attached hydrogens (primary N) is 1. The van der Waals surface area contributed by atoms with E-state index in [1.165, 1.54) is 5.56 Å². The smallest absolute Gasteiger partial charge is 0.0205 e. The summed E-state index contributed by atoms with van der Waals surface area (Å²) < 4.78 is 0. The molecule has 59 valence electrons. The monoisotopic (exact) mass is 186 g/mol. The Balaban J connectivity index is 0.000001000. The summed E-state index contributed by atoms with van der Waals surface area (Å²) in [6.45, 7) is 2.02. The van der Waals surface area contributed by atoms with Gasteiger partial charge in [-0.1, -0.05) is 12.6 Å². The molecule has 0 fully saturated rings. The maximum absolute atomic E-state index is 5.47. The summed E-state index contributed by atoms with van der Waals surface area (Å²) >= 11 is 0. The molecule has 1 radical (unpaired) electrons. The van der Waals surface area contributed by atoms with E-state index < -0.39 is 0 Å². The zero-order valence-corrected chi connectivity index (χ0v) is 8.10. The van der Waals surface area contributed by atoms with Crippen LogP contribution in [0.25, 0.3) is 0 Å². The molecule has 0 aliphatic rings. The van der Waals surface area contributed by atoms with Crippen LogP contribution in [0.1, 0.15) is 5.56 Å². The quantitative estimate of drug-likeness (QED) is 0.404. The van der Waals surface area contributed by atoms with Gasteiger partial charge >= 0.3 is 0 Å². The molecule has 1 aromatic carbocycles. The SMILES string of the molecule is Cc1c[c-]c(N(C)N)cc1.[V]. The Morgan fingerprint density at radius 3 is 2.45 bits per heavy atom. The molecule has 0 saturated heterocycles. The van der Waals surface area contributed by atoms with Crippen molar-refractivity contribution >= 4 is 5.69 Å². The minimum absolute atomic E-state index is 0. The molecule has 1 aromatic rings. The van der Waals surface area contributed by atoms with Crippen LogP contribution in [0.5, 0.6) is 0 Å². The van der Waals surface area contributed by atoms with Gasteiger partial charge in [0.15, 0.2) is 0 Å². The van der Waals surface area contributed by atoms with Gasteiger partial charge in [0, 0.05) is 25.6 Å². The molecular formula is C8H11N2V-. The van der Waals surface area contributed by atoms with Crippen molar-refractivity contribution in [2.24, 2.45) is 5.84 Å². The third kappa shape index (κ3) is 2.97. The van der Waals surface area contributed by atoms with Gasteiger partial charge in [0.2, 0.25) is 0 Å². The second-order valence-electron chi connectivity index (χ2n) is 2.36. The van der Waals surface area contributed by atoms with Crippen LogP contribution >= 0.6 is 0 Å². The zero-order valence-electron chi connectivity index (χ0n) is 6.70. The zero-order chi connectivity index (χ0) is 7.56.